The molecule has 160 valence electrons. The predicted molar refractivity (Wildman–Crippen MR) is 99.4 cm³/mol. The molecule has 4 rings (SSSR count). The van der Waals surface area contributed by atoms with E-state index in [1.165, 1.54) is 22.9 Å². The van der Waals surface area contributed by atoms with E-state index in [0.29, 0.717) is 0 Å². The summed E-state index contributed by atoms with van der Waals surface area (Å²) in [6.07, 6.45) is -0.905. The molecule has 7 nitrogen and oxygen atoms in total. The minimum Gasteiger partial charge on any atom is -0.461 e. The normalized spacial score (nSPS) is 27.2. The number of carbonyl (C=O) groups is 1. The molecule has 30 heavy (non-hydrogen) atoms. The van der Waals surface area contributed by atoms with Gasteiger partial charge in [-0.05, 0) is 24.3 Å². The average molecular weight is 425 g/mol. The Balaban J connectivity index is 1.73. The Labute approximate surface area is 168 Å². The molecule has 0 spiro atoms. The second-order valence-corrected chi connectivity index (χ2v) is 7.56. The van der Waals surface area contributed by atoms with Crippen molar-refractivity contribution in [3.63, 3.8) is 0 Å². The Hall–Kier alpha value is -3.11. The number of amides is 1. The van der Waals surface area contributed by atoms with Gasteiger partial charge < -0.3 is 15.8 Å². The number of ether oxygens (including phenoxy) is 1. The summed E-state index contributed by atoms with van der Waals surface area (Å²) >= 11 is 0. The van der Waals surface area contributed by atoms with Gasteiger partial charge in [-0.25, -0.2) is 22.6 Å². The van der Waals surface area contributed by atoms with E-state index in [2.05, 4.69) is 15.4 Å². The number of fused-ring (bicyclic) bond motifs is 1. The van der Waals surface area contributed by atoms with Crippen molar-refractivity contribution in [2.24, 2.45) is 23.7 Å². The Kier molecular flexibility index (Phi) is 4.70. The number of aryl methyl sites for hydroxylation is 1. The summed E-state index contributed by atoms with van der Waals surface area (Å²) in [5, 5.41) is 6.51. The number of amidine groups is 1. The van der Waals surface area contributed by atoms with E-state index in [0.717, 1.165) is 6.07 Å². The van der Waals surface area contributed by atoms with Crippen LogP contribution >= 0.6 is 0 Å². The third-order valence-corrected chi connectivity index (χ3v) is 5.50. The SMILES string of the molecule is Cn1ccc(C(=O)Nc2ccc(F)c([C@@]3(CF)N=C(N)O[C@@H]4CC(F)(F)C[C@@H]43)c2)n1. The Morgan fingerprint density at radius 3 is 2.80 bits per heavy atom. The summed E-state index contributed by atoms with van der Waals surface area (Å²) in [5.41, 5.74) is 3.62. The molecule has 2 aromatic rings. The number of nitrogens with one attached hydrogen (secondary N) is 1. The van der Waals surface area contributed by atoms with Gasteiger partial charge in [-0.15, -0.1) is 0 Å². The number of benzene rings is 1. The molecule has 1 fully saturated rings. The van der Waals surface area contributed by atoms with Crippen molar-refractivity contribution < 1.29 is 27.1 Å². The number of aromatic nitrogens is 2. The van der Waals surface area contributed by atoms with Crippen LogP contribution < -0.4 is 11.1 Å². The first-order valence-electron chi connectivity index (χ1n) is 9.20. The van der Waals surface area contributed by atoms with Crippen LogP contribution in [-0.2, 0) is 17.3 Å². The lowest BCUT2D eigenvalue weighted by Gasteiger charge is -2.40. The summed E-state index contributed by atoms with van der Waals surface area (Å²) < 4.78 is 63.9. The van der Waals surface area contributed by atoms with E-state index in [1.807, 2.05) is 0 Å². The molecule has 3 atom stereocenters. The van der Waals surface area contributed by atoms with Gasteiger partial charge in [-0.2, -0.15) is 5.10 Å². The van der Waals surface area contributed by atoms with E-state index in [-0.39, 0.29) is 16.9 Å². The highest BCUT2D eigenvalue weighted by Gasteiger charge is 2.60. The quantitative estimate of drug-likeness (QED) is 0.737. The lowest BCUT2D eigenvalue weighted by atomic mass is 9.76. The zero-order chi connectivity index (χ0) is 21.7. The number of carbonyl (C=O) groups excluding carboxylic acids is 1. The standard InChI is InChI=1S/C19H19F4N5O2/c1-28-5-4-14(27-28)16(29)25-10-2-3-13(21)11(6-10)19(9-20)12-7-18(22,23)8-15(12)30-17(24)26-19/h2-6,12,15H,7-9H2,1H3,(H2,24,26)(H,25,29)/t12-,15+,19+/m0/s1. The van der Waals surface area contributed by atoms with Crippen LogP contribution in [0.4, 0.5) is 23.2 Å². The maximum atomic E-state index is 14.8. The molecule has 0 unspecified atom stereocenters. The highest BCUT2D eigenvalue weighted by molar-refractivity contribution is 6.02. The average Bonchev–Trinajstić information content (AvgIpc) is 3.24. The van der Waals surface area contributed by atoms with E-state index in [9.17, 15) is 22.4 Å². The smallest absolute Gasteiger partial charge is 0.283 e. The second-order valence-electron chi connectivity index (χ2n) is 7.56. The molecule has 0 radical (unpaired) electrons. The molecule has 1 aliphatic carbocycles. The molecule has 2 aliphatic rings. The van der Waals surface area contributed by atoms with Crippen LogP contribution in [0, 0.1) is 11.7 Å². The van der Waals surface area contributed by atoms with Crippen LogP contribution in [0.3, 0.4) is 0 Å². The van der Waals surface area contributed by atoms with Crippen LogP contribution in [0.5, 0.6) is 0 Å². The fourth-order valence-corrected chi connectivity index (χ4v) is 4.16. The number of aliphatic imine (C=N–C) groups is 1. The van der Waals surface area contributed by atoms with Crippen LogP contribution in [0.1, 0.15) is 28.9 Å². The Bertz CT molecular complexity index is 1020. The van der Waals surface area contributed by atoms with Crippen molar-refractivity contribution in [3.8, 4) is 0 Å². The third-order valence-electron chi connectivity index (χ3n) is 5.50. The zero-order valence-corrected chi connectivity index (χ0v) is 15.9. The fourth-order valence-electron chi connectivity index (χ4n) is 4.16. The van der Waals surface area contributed by atoms with Crippen LogP contribution in [0.25, 0.3) is 0 Å². The van der Waals surface area contributed by atoms with E-state index >= 15 is 0 Å². The van der Waals surface area contributed by atoms with Crippen molar-refractivity contribution in [2.75, 3.05) is 12.0 Å². The first-order chi connectivity index (χ1) is 14.1. The molecule has 3 N–H and O–H groups in total. The molecule has 0 bridgehead atoms. The maximum absolute atomic E-state index is 14.8. The van der Waals surface area contributed by atoms with Crippen LogP contribution in [0.15, 0.2) is 35.5 Å². The third kappa shape index (κ3) is 3.37. The van der Waals surface area contributed by atoms with Gasteiger partial charge in [0.1, 0.15) is 24.1 Å². The lowest BCUT2D eigenvalue weighted by Crippen LogP contribution is -2.48. The first-order valence-corrected chi connectivity index (χ1v) is 9.20. The number of nitrogens with zero attached hydrogens (tertiary/aromatic N) is 3. The zero-order valence-electron chi connectivity index (χ0n) is 15.9. The molecule has 0 saturated heterocycles. The largest absolute Gasteiger partial charge is 0.461 e. The number of alkyl halides is 3. The summed E-state index contributed by atoms with van der Waals surface area (Å²) in [7, 11) is 1.64. The highest BCUT2D eigenvalue weighted by Crippen LogP contribution is 2.53. The van der Waals surface area contributed by atoms with Crippen molar-refractivity contribution >= 4 is 17.6 Å². The lowest BCUT2D eigenvalue weighted by molar-refractivity contribution is -0.00299. The minimum absolute atomic E-state index is 0.118. The van der Waals surface area contributed by atoms with Gasteiger partial charge >= 0.3 is 0 Å². The number of hydrogen-bond acceptors (Lipinski definition) is 5. The highest BCUT2D eigenvalue weighted by atomic mass is 19.3. The molecule has 1 aliphatic heterocycles. The Morgan fingerprint density at radius 1 is 1.37 bits per heavy atom. The number of hydrogen-bond donors (Lipinski definition) is 2. The van der Waals surface area contributed by atoms with Gasteiger partial charge in [-0.1, -0.05) is 0 Å². The topological polar surface area (TPSA) is 94.5 Å². The molecule has 11 heteroatoms. The number of rotatable bonds is 4. The molecule has 1 amide bonds. The number of anilines is 1. The van der Waals surface area contributed by atoms with Gasteiger partial charge in [0.05, 0.1) is 0 Å². The molecular formula is C19H19F4N5O2. The number of nitrogens with two attached hydrogens (primary N) is 1. The molecule has 2 heterocycles. The van der Waals surface area contributed by atoms with Gasteiger partial charge in [0, 0.05) is 43.3 Å². The predicted octanol–water partition coefficient (Wildman–Crippen LogP) is 2.74. The van der Waals surface area contributed by atoms with Crippen LogP contribution in [-0.4, -0.2) is 40.4 Å². The molecular weight excluding hydrogens is 406 g/mol. The van der Waals surface area contributed by atoms with Gasteiger partial charge in [0.15, 0.2) is 5.69 Å². The minimum atomic E-state index is -3.11. The molecule has 1 aromatic carbocycles. The van der Waals surface area contributed by atoms with Crippen molar-refractivity contribution in [3.05, 3.63) is 47.5 Å². The van der Waals surface area contributed by atoms with Gasteiger partial charge in [0.25, 0.3) is 17.9 Å². The summed E-state index contributed by atoms with van der Waals surface area (Å²) in [6.45, 7) is -1.26. The van der Waals surface area contributed by atoms with E-state index in [4.69, 9.17) is 10.5 Å². The van der Waals surface area contributed by atoms with Crippen molar-refractivity contribution in [1.82, 2.24) is 9.78 Å². The summed E-state index contributed by atoms with van der Waals surface area (Å²) in [6, 6.07) is 4.49. The number of halogens is 4. The monoisotopic (exact) mass is 425 g/mol. The molecule has 1 saturated carbocycles. The van der Waals surface area contributed by atoms with E-state index < -0.39 is 60.7 Å². The van der Waals surface area contributed by atoms with Gasteiger partial charge in [-0.3, -0.25) is 9.48 Å². The first kappa shape index (κ1) is 20.2. The second kappa shape index (κ2) is 6.99. The summed E-state index contributed by atoms with van der Waals surface area (Å²) in [4.78, 5) is 16.3. The van der Waals surface area contributed by atoms with Crippen molar-refractivity contribution in [1.29, 1.82) is 0 Å². The van der Waals surface area contributed by atoms with Crippen molar-refractivity contribution in [2.45, 2.75) is 30.4 Å². The fraction of sp³-hybridized carbons (Fsp3) is 0.421. The Morgan fingerprint density at radius 2 is 2.13 bits per heavy atom. The van der Waals surface area contributed by atoms with E-state index in [1.54, 1.807) is 13.2 Å². The van der Waals surface area contributed by atoms with Crippen LogP contribution in [0.2, 0.25) is 0 Å². The summed E-state index contributed by atoms with van der Waals surface area (Å²) in [5.74, 6) is -5.66. The molecule has 1 aromatic heterocycles. The maximum Gasteiger partial charge on any atom is 0.283 e. The van der Waals surface area contributed by atoms with Gasteiger partial charge in [0.2, 0.25) is 0 Å².